The predicted molar refractivity (Wildman–Crippen MR) is 116 cm³/mol. The number of fused-ring (bicyclic) bond motifs is 1. The van der Waals surface area contributed by atoms with E-state index in [2.05, 4.69) is 38.7 Å². The fourth-order valence-electron chi connectivity index (χ4n) is 3.87. The van der Waals surface area contributed by atoms with Crippen molar-refractivity contribution < 1.29 is 4.74 Å². The normalized spacial score (nSPS) is 14.0. The second kappa shape index (κ2) is 7.62. The Balaban J connectivity index is 1.48. The molecule has 5 rings (SSSR count). The van der Waals surface area contributed by atoms with E-state index in [1.54, 1.807) is 13.4 Å². The van der Waals surface area contributed by atoms with Gasteiger partial charge in [-0.3, -0.25) is 0 Å². The van der Waals surface area contributed by atoms with Gasteiger partial charge in [-0.05, 0) is 61.6 Å². The molecule has 152 valence electrons. The summed E-state index contributed by atoms with van der Waals surface area (Å²) in [5.74, 6) is 1.97. The van der Waals surface area contributed by atoms with E-state index in [0.717, 1.165) is 41.1 Å². The molecule has 0 unspecified atom stereocenters. The number of aryl methyl sites for hydroxylation is 1. The smallest absolute Gasteiger partial charge is 0.245 e. The molecule has 1 N–H and O–H groups in total. The first-order valence-electron chi connectivity index (χ1n) is 10.1. The van der Waals surface area contributed by atoms with E-state index >= 15 is 0 Å². The highest BCUT2D eigenvalue weighted by atomic mass is 16.5. The summed E-state index contributed by atoms with van der Waals surface area (Å²) in [7, 11) is 3.55. The van der Waals surface area contributed by atoms with Crippen LogP contribution in [0.2, 0.25) is 0 Å². The summed E-state index contributed by atoms with van der Waals surface area (Å²) in [4.78, 5) is 4.48. The molecule has 1 aliphatic rings. The number of nitrogens with one attached hydrogen (secondary N) is 1. The van der Waals surface area contributed by atoms with E-state index in [4.69, 9.17) is 9.84 Å². The summed E-state index contributed by atoms with van der Waals surface area (Å²) in [5, 5.41) is 16.1. The molecule has 8 heteroatoms. The summed E-state index contributed by atoms with van der Waals surface area (Å²) in [6.45, 7) is 0. The maximum absolute atomic E-state index is 5.60. The molecule has 0 radical (unpaired) electrons. The number of aromatic nitrogens is 6. The Bertz CT molecular complexity index is 1240. The molecule has 0 amide bonds. The summed E-state index contributed by atoms with van der Waals surface area (Å²) in [6, 6.07) is 10.0. The lowest BCUT2D eigenvalue weighted by molar-refractivity contribution is 0.417. The van der Waals surface area contributed by atoms with Crippen LogP contribution in [-0.2, 0) is 7.05 Å². The highest BCUT2D eigenvalue weighted by Gasteiger charge is 2.14. The lowest BCUT2D eigenvalue weighted by Crippen LogP contribution is -2.05. The Morgan fingerprint density at radius 2 is 2.07 bits per heavy atom. The van der Waals surface area contributed by atoms with E-state index in [1.165, 1.54) is 18.4 Å². The Hall–Kier alpha value is -3.68. The molecule has 3 aromatic heterocycles. The highest BCUT2D eigenvalue weighted by Crippen LogP contribution is 2.32. The lowest BCUT2D eigenvalue weighted by atomic mass is 9.97. The molecule has 0 saturated carbocycles. The number of nitrogens with zero attached hydrogens (tertiary/aromatic N) is 6. The van der Waals surface area contributed by atoms with Crippen LogP contribution in [0.1, 0.15) is 31.4 Å². The van der Waals surface area contributed by atoms with Crippen molar-refractivity contribution in [2.75, 3.05) is 12.4 Å². The van der Waals surface area contributed by atoms with E-state index in [1.807, 2.05) is 40.5 Å². The SMILES string of the molecule is COc1cc(-c2nncn2C)ccc1Nc1ncc2ccc(C3=CCCCC3)n2n1. The summed E-state index contributed by atoms with van der Waals surface area (Å²) in [6.07, 6.45) is 10.6. The van der Waals surface area contributed by atoms with Gasteiger partial charge in [-0.25, -0.2) is 9.50 Å². The van der Waals surface area contributed by atoms with Crippen LogP contribution in [0.15, 0.2) is 48.9 Å². The molecular weight excluding hydrogens is 378 g/mol. The second-order valence-corrected chi connectivity index (χ2v) is 7.42. The fourth-order valence-corrected chi connectivity index (χ4v) is 3.87. The van der Waals surface area contributed by atoms with Gasteiger partial charge in [0.2, 0.25) is 5.95 Å². The van der Waals surface area contributed by atoms with E-state index < -0.39 is 0 Å². The van der Waals surface area contributed by atoms with Crippen molar-refractivity contribution in [1.29, 1.82) is 0 Å². The lowest BCUT2D eigenvalue weighted by Gasteiger charge is -2.14. The van der Waals surface area contributed by atoms with Gasteiger partial charge in [0.15, 0.2) is 5.82 Å². The van der Waals surface area contributed by atoms with Crippen molar-refractivity contribution >= 4 is 22.7 Å². The number of anilines is 2. The number of allylic oxidation sites excluding steroid dienone is 2. The van der Waals surface area contributed by atoms with Crippen molar-refractivity contribution in [3.8, 4) is 17.1 Å². The summed E-state index contributed by atoms with van der Waals surface area (Å²) >= 11 is 0. The van der Waals surface area contributed by atoms with Crippen molar-refractivity contribution in [2.24, 2.45) is 7.05 Å². The number of ether oxygens (including phenoxy) is 1. The van der Waals surface area contributed by atoms with Crippen LogP contribution in [0.5, 0.6) is 5.75 Å². The van der Waals surface area contributed by atoms with Crippen LogP contribution in [-0.4, -0.2) is 36.5 Å². The average molecular weight is 401 g/mol. The first-order chi connectivity index (χ1) is 14.7. The van der Waals surface area contributed by atoms with Crippen molar-refractivity contribution in [3.63, 3.8) is 0 Å². The third kappa shape index (κ3) is 3.30. The standard InChI is InChI=1S/C22H23N7O/c1-28-14-24-26-21(28)16-8-10-18(20(12-16)30-2)25-22-23-13-17-9-11-19(29(17)27-22)15-6-4-3-5-7-15/h6,8-14H,3-5,7H2,1-2H3,(H,25,27). The largest absolute Gasteiger partial charge is 0.495 e. The molecule has 0 saturated heterocycles. The molecule has 0 atom stereocenters. The Morgan fingerprint density at radius 1 is 1.13 bits per heavy atom. The molecule has 3 heterocycles. The van der Waals surface area contributed by atoms with Gasteiger partial charge in [-0.1, -0.05) is 6.08 Å². The molecule has 0 bridgehead atoms. The van der Waals surface area contributed by atoms with Crippen LogP contribution < -0.4 is 10.1 Å². The zero-order valence-corrected chi connectivity index (χ0v) is 17.0. The molecule has 0 aliphatic heterocycles. The second-order valence-electron chi connectivity index (χ2n) is 7.42. The molecule has 30 heavy (non-hydrogen) atoms. The number of benzene rings is 1. The molecule has 0 spiro atoms. The number of methoxy groups -OCH3 is 1. The van der Waals surface area contributed by atoms with Gasteiger partial charge in [-0.15, -0.1) is 15.3 Å². The summed E-state index contributed by atoms with van der Waals surface area (Å²) < 4.78 is 9.43. The zero-order valence-electron chi connectivity index (χ0n) is 17.0. The minimum atomic E-state index is 0.515. The maximum Gasteiger partial charge on any atom is 0.245 e. The van der Waals surface area contributed by atoms with E-state index in [9.17, 15) is 0 Å². The average Bonchev–Trinajstić information content (AvgIpc) is 3.40. The Labute approximate surface area is 174 Å². The monoisotopic (exact) mass is 401 g/mol. The third-order valence-corrected chi connectivity index (χ3v) is 5.44. The molecule has 0 fully saturated rings. The van der Waals surface area contributed by atoms with Crippen LogP contribution in [0, 0.1) is 0 Å². The van der Waals surface area contributed by atoms with Crippen LogP contribution >= 0.6 is 0 Å². The number of hydrogen-bond donors (Lipinski definition) is 1. The first-order valence-corrected chi connectivity index (χ1v) is 10.1. The highest BCUT2D eigenvalue weighted by molar-refractivity contribution is 5.71. The Morgan fingerprint density at radius 3 is 2.83 bits per heavy atom. The quantitative estimate of drug-likeness (QED) is 0.539. The molecule has 1 aromatic carbocycles. The van der Waals surface area contributed by atoms with Crippen molar-refractivity contribution in [1.82, 2.24) is 29.4 Å². The predicted octanol–water partition coefficient (Wildman–Crippen LogP) is 4.23. The van der Waals surface area contributed by atoms with Crippen molar-refractivity contribution in [2.45, 2.75) is 25.7 Å². The topological polar surface area (TPSA) is 82.2 Å². The molecule has 4 aromatic rings. The zero-order chi connectivity index (χ0) is 20.5. The molecule has 8 nitrogen and oxygen atoms in total. The van der Waals surface area contributed by atoms with Crippen LogP contribution in [0.25, 0.3) is 22.5 Å². The maximum atomic E-state index is 5.60. The van der Waals surface area contributed by atoms with E-state index in [-0.39, 0.29) is 0 Å². The number of rotatable bonds is 5. The van der Waals surface area contributed by atoms with Gasteiger partial charge in [0, 0.05) is 12.6 Å². The summed E-state index contributed by atoms with van der Waals surface area (Å²) in [5.41, 5.74) is 5.18. The van der Waals surface area contributed by atoms with Crippen LogP contribution in [0.3, 0.4) is 0 Å². The third-order valence-electron chi connectivity index (χ3n) is 5.44. The number of hydrogen-bond acceptors (Lipinski definition) is 6. The Kier molecular flexibility index (Phi) is 4.66. The van der Waals surface area contributed by atoms with Crippen LogP contribution in [0.4, 0.5) is 11.6 Å². The minimum Gasteiger partial charge on any atom is -0.495 e. The molecule has 1 aliphatic carbocycles. The minimum absolute atomic E-state index is 0.515. The van der Waals surface area contributed by atoms with Gasteiger partial charge in [0.05, 0.1) is 30.2 Å². The first kappa shape index (κ1) is 18.4. The van der Waals surface area contributed by atoms with Gasteiger partial charge in [0.1, 0.15) is 12.1 Å². The fraction of sp³-hybridized carbons (Fsp3) is 0.273. The van der Waals surface area contributed by atoms with E-state index in [0.29, 0.717) is 11.7 Å². The van der Waals surface area contributed by atoms with Gasteiger partial charge < -0.3 is 14.6 Å². The van der Waals surface area contributed by atoms with Crippen molar-refractivity contribution in [3.05, 3.63) is 54.6 Å². The van der Waals surface area contributed by atoms with Gasteiger partial charge >= 0.3 is 0 Å². The van der Waals surface area contributed by atoms with Gasteiger partial charge in [0.25, 0.3) is 0 Å². The van der Waals surface area contributed by atoms with Gasteiger partial charge in [-0.2, -0.15) is 0 Å². The molecular formula is C22H23N7O.